The third-order valence-corrected chi connectivity index (χ3v) is 3.92. The summed E-state index contributed by atoms with van der Waals surface area (Å²) in [5.74, 6) is 0.755. The summed E-state index contributed by atoms with van der Waals surface area (Å²) in [6.45, 7) is 2.05. The van der Waals surface area contributed by atoms with Gasteiger partial charge in [0.05, 0.1) is 0 Å². The Balaban J connectivity index is 1.98. The smallest absolute Gasteiger partial charge is 0.326 e. The zero-order valence-electron chi connectivity index (χ0n) is 11.4. The molecule has 0 saturated carbocycles. The number of rotatable bonds is 3. The quantitative estimate of drug-likeness (QED) is 0.928. The Morgan fingerprint density at radius 1 is 1.40 bits per heavy atom. The van der Waals surface area contributed by atoms with Gasteiger partial charge in [0.25, 0.3) is 0 Å². The number of benzene rings is 1. The molecule has 1 aromatic heterocycles. The molecular weight excluding hydrogens is 254 g/mol. The van der Waals surface area contributed by atoms with Gasteiger partial charge in [-0.1, -0.05) is 24.3 Å². The van der Waals surface area contributed by atoms with Crippen LogP contribution >= 0.6 is 0 Å². The Morgan fingerprint density at radius 2 is 2.20 bits per heavy atom. The molecule has 0 bridgehead atoms. The van der Waals surface area contributed by atoms with Crippen molar-refractivity contribution in [3.8, 4) is 0 Å². The predicted octanol–water partition coefficient (Wildman–Crippen LogP) is 2.14. The third kappa shape index (κ3) is 2.19. The fourth-order valence-corrected chi connectivity index (χ4v) is 2.81. The molecule has 0 radical (unpaired) electrons. The number of hydrogen-bond donors (Lipinski definition) is 1. The number of carbonyl (C=O) groups is 1. The third-order valence-electron chi connectivity index (χ3n) is 3.92. The maximum Gasteiger partial charge on any atom is 0.326 e. The minimum Gasteiger partial charge on any atom is -0.480 e. The molecule has 2 aromatic rings. The molecule has 1 aromatic carbocycles. The van der Waals surface area contributed by atoms with Gasteiger partial charge in [0.15, 0.2) is 0 Å². The van der Waals surface area contributed by atoms with Crippen LogP contribution in [0.2, 0.25) is 0 Å². The summed E-state index contributed by atoms with van der Waals surface area (Å²) >= 11 is 0. The number of fused-ring (bicyclic) bond motifs is 1. The summed E-state index contributed by atoms with van der Waals surface area (Å²) in [7, 11) is 0. The molecule has 1 atom stereocenters. The first-order chi connectivity index (χ1) is 9.66. The van der Waals surface area contributed by atoms with Crippen LogP contribution in [0.25, 0.3) is 0 Å². The maximum atomic E-state index is 11.4. The Morgan fingerprint density at radius 3 is 2.95 bits per heavy atom. The van der Waals surface area contributed by atoms with E-state index in [0.29, 0.717) is 12.8 Å². The Bertz CT molecular complexity index is 648. The fraction of sp³-hybridized carbons (Fsp3) is 0.400. The highest BCUT2D eigenvalue weighted by molar-refractivity contribution is 5.72. The second-order valence-electron chi connectivity index (χ2n) is 5.25. The van der Waals surface area contributed by atoms with Gasteiger partial charge in [-0.05, 0) is 30.9 Å². The van der Waals surface area contributed by atoms with E-state index < -0.39 is 12.0 Å². The number of aliphatic carboxylic acids is 1. The highest BCUT2D eigenvalue weighted by Gasteiger charge is 2.29. The van der Waals surface area contributed by atoms with E-state index in [1.807, 2.05) is 16.7 Å². The standard InChI is InChI=1S/C15H17N3O2/c1-10-5-2-3-6-11(10)9-14-17-16-13-8-4-7-12(15(19)20)18(13)14/h2-3,5-6,12H,4,7-9H2,1H3,(H,19,20). The van der Waals surface area contributed by atoms with Gasteiger partial charge in [-0.2, -0.15) is 0 Å². The minimum absolute atomic E-state index is 0.521. The van der Waals surface area contributed by atoms with E-state index in [9.17, 15) is 9.90 Å². The van der Waals surface area contributed by atoms with Gasteiger partial charge in [-0.15, -0.1) is 10.2 Å². The van der Waals surface area contributed by atoms with Gasteiger partial charge in [0, 0.05) is 12.8 Å². The molecule has 0 aliphatic carbocycles. The normalized spacial score (nSPS) is 17.8. The molecule has 0 amide bonds. The highest BCUT2D eigenvalue weighted by Crippen LogP contribution is 2.26. The van der Waals surface area contributed by atoms with Gasteiger partial charge < -0.3 is 9.67 Å². The molecule has 5 heteroatoms. The molecule has 1 aliphatic rings. The van der Waals surface area contributed by atoms with Crippen LogP contribution in [0.15, 0.2) is 24.3 Å². The zero-order valence-corrected chi connectivity index (χ0v) is 11.4. The van der Waals surface area contributed by atoms with Gasteiger partial charge in [0.2, 0.25) is 0 Å². The fourth-order valence-electron chi connectivity index (χ4n) is 2.81. The summed E-state index contributed by atoms with van der Waals surface area (Å²) in [4.78, 5) is 11.4. The van der Waals surface area contributed by atoms with Crippen LogP contribution in [0.4, 0.5) is 0 Å². The van der Waals surface area contributed by atoms with E-state index in [1.165, 1.54) is 5.56 Å². The Labute approximate surface area is 117 Å². The Hall–Kier alpha value is -2.17. The molecule has 0 fully saturated rings. The van der Waals surface area contributed by atoms with E-state index in [2.05, 4.69) is 29.3 Å². The lowest BCUT2D eigenvalue weighted by Crippen LogP contribution is -2.26. The van der Waals surface area contributed by atoms with Crippen LogP contribution in [0.1, 0.15) is 41.7 Å². The molecule has 2 heterocycles. The molecule has 0 saturated heterocycles. The van der Waals surface area contributed by atoms with Crippen molar-refractivity contribution >= 4 is 5.97 Å². The topological polar surface area (TPSA) is 68.0 Å². The largest absolute Gasteiger partial charge is 0.480 e. The van der Waals surface area contributed by atoms with Crippen LogP contribution in [-0.4, -0.2) is 25.8 Å². The lowest BCUT2D eigenvalue weighted by atomic mass is 10.0. The summed E-state index contributed by atoms with van der Waals surface area (Å²) in [6, 6.07) is 7.57. The number of hydrogen-bond acceptors (Lipinski definition) is 3. The maximum absolute atomic E-state index is 11.4. The number of nitrogens with zero attached hydrogens (tertiary/aromatic N) is 3. The summed E-state index contributed by atoms with van der Waals surface area (Å²) in [6.07, 6.45) is 2.95. The zero-order chi connectivity index (χ0) is 14.1. The van der Waals surface area contributed by atoms with Gasteiger partial charge in [0.1, 0.15) is 17.7 Å². The number of carboxylic acid groups (broad SMARTS) is 1. The molecule has 104 valence electrons. The van der Waals surface area contributed by atoms with Gasteiger partial charge in [-0.25, -0.2) is 4.79 Å². The van der Waals surface area contributed by atoms with Crippen molar-refractivity contribution in [1.29, 1.82) is 0 Å². The van der Waals surface area contributed by atoms with Crippen molar-refractivity contribution in [2.24, 2.45) is 0 Å². The highest BCUT2D eigenvalue weighted by atomic mass is 16.4. The van der Waals surface area contributed by atoms with Crippen LogP contribution in [0, 0.1) is 6.92 Å². The molecule has 0 spiro atoms. The average molecular weight is 271 g/mol. The van der Waals surface area contributed by atoms with Crippen molar-refractivity contribution in [1.82, 2.24) is 14.8 Å². The molecule has 5 nitrogen and oxygen atoms in total. The molecule has 1 unspecified atom stereocenters. The first kappa shape index (κ1) is 12.8. The molecule has 3 rings (SSSR count). The predicted molar refractivity (Wildman–Crippen MR) is 73.6 cm³/mol. The van der Waals surface area contributed by atoms with Crippen LogP contribution < -0.4 is 0 Å². The number of aromatic nitrogens is 3. The van der Waals surface area contributed by atoms with Gasteiger partial charge >= 0.3 is 5.97 Å². The minimum atomic E-state index is -0.795. The van der Waals surface area contributed by atoms with Crippen LogP contribution in [0.3, 0.4) is 0 Å². The molecule has 1 N–H and O–H groups in total. The molecule has 20 heavy (non-hydrogen) atoms. The monoisotopic (exact) mass is 271 g/mol. The van der Waals surface area contributed by atoms with Crippen molar-refractivity contribution in [3.63, 3.8) is 0 Å². The molecule has 1 aliphatic heterocycles. The first-order valence-corrected chi connectivity index (χ1v) is 6.87. The van der Waals surface area contributed by atoms with Gasteiger partial charge in [-0.3, -0.25) is 0 Å². The average Bonchev–Trinajstić information content (AvgIpc) is 2.84. The molecular formula is C15H17N3O2. The summed E-state index contributed by atoms with van der Waals surface area (Å²) < 4.78 is 1.82. The summed E-state index contributed by atoms with van der Waals surface area (Å²) in [5, 5.41) is 17.8. The lowest BCUT2D eigenvalue weighted by Gasteiger charge is -2.22. The van der Waals surface area contributed by atoms with E-state index >= 15 is 0 Å². The SMILES string of the molecule is Cc1ccccc1Cc1nnc2n1C(C(=O)O)CCC2. The first-order valence-electron chi connectivity index (χ1n) is 6.87. The second-order valence-corrected chi connectivity index (χ2v) is 5.25. The number of aryl methyl sites for hydroxylation is 2. The lowest BCUT2D eigenvalue weighted by molar-refractivity contribution is -0.141. The van der Waals surface area contributed by atoms with E-state index in [1.54, 1.807) is 0 Å². The van der Waals surface area contributed by atoms with Crippen molar-refractivity contribution in [2.45, 2.75) is 38.6 Å². The van der Waals surface area contributed by atoms with Crippen molar-refractivity contribution in [2.75, 3.05) is 0 Å². The Kier molecular flexibility index (Phi) is 3.26. The van der Waals surface area contributed by atoms with Crippen LogP contribution in [0.5, 0.6) is 0 Å². The second kappa shape index (κ2) is 5.07. The number of carboxylic acids is 1. The summed E-state index contributed by atoms with van der Waals surface area (Å²) in [5.41, 5.74) is 2.35. The van der Waals surface area contributed by atoms with E-state index in [-0.39, 0.29) is 0 Å². The van der Waals surface area contributed by atoms with Crippen molar-refractivity contribution < 1.29 is 9.90 Å². The van der Waals surface area contributed by atoms with E-state index in [4.69, 9.17) is 0 Å². The van der Waals surface area contributed by atoms with Crippen LogP contribution in [-0.2, 0) is 17.6 Å². The van der Waals surface area contributed by atoms with E-state index in [0.717, 1.165) is 30.1 Å². The van der Waals surface area contributed by atoms with Crippen molar-refractivity contribution in [3.05, 3.63) is 47.0 Å².